The molecule has 21 heavy (non-hydrogen) atoms. The lowest BCUT2D eigenvalue weighted by atomic mass is 10.1. The van der Waals surface area contributed by atoms with Gasteiger partial charge in [0.1, 0.15) is 11.4 Å². The molecule has 5 nitrogen and oxygen atoms in total. The monoisotopic (exact) mass is 279 g/mol. The minimum absolute atomic E-state index is 0.0468. The van der Waals surface area contributed by atoms with E-state index >= 15 is 0 Å². The number of rotatable bonds is 3. The second kappa shape index (κ2) is 5.97. The molecule has 0 saturated carbocycles. The Morgan fingerprint density at radius 2 is 1.95 bits per heavy atom. The molecule has 0 fully saturated rings. The quantitative estimate of drug-likeness (QED) is 0.689. The van der Waals surface area contributed by atoms with Crippen molar-refractivity contribution in [3.05, 3.63) is 68.9 Å². The Balaban J connectivity index is 2.27. The van der Waals surface area contributed by atoms with Gasteiger partial charge in [0.15, 0.2) is 5.78 Å². The molecule has 0 bridgehead atoms. The summed E-state index contributed by atoms with van der Waals surface area (Å²) in [5.74, 6) is 0.0794. The fourth-order valence-electron chi connectivity index (χ4n) is 1.94. The molecule has 2 aromatic rings. The van der Waals surface area contributed by atoms with Crippen molar-refractivity contribution in [2.75, 3.05) is 0 Å². The highest BCUT2D eigenvalue weighted by Gasteiger charge is 2.12. The fourth-order valence-corrected chi connectivity index (χ4v) is 1.94. The number of nitrogens with zero attached hydrogens (tertiary/aromatic N) is 2. The number of hydrogen-bond acceptors (Lipinski definition) is 4. The summed E-state index contributed by atoms with van der Waals surface area (Å²) in [5, 5.41) is 8.71. The smallest absolute Gasteiger partial charge is 0.262 e. The van der Waals surface area contributed by atoms with Crippen LogP contribution >= 0.6 is 0 Å². The molecule has 1 N–H and O–H groups in total. The van der Waals surface area contributed by atoms with Gasteiger partial charge in [-0.3, -0.25) is 9.59 Å². The molecule has 1 aromatic carbocycles. The number of nitrogens with one attached hydrogen (secondary N) is 1. The van der Waals surface area contributed by atoms with Crippen LogP contribution in [0.4, 0.5) is 0 Å². The lowest BCUT2D eigenvalue weighted by Gasteiger charge is -2.01. The highest BCUT2D eigenvalue weighted by molar-refractivity contribution is 6.07. The number of hydrogen-bond donors (Lipinski definition) is 1. The number of carbonyl (C=O) groups is 1. The van der Waals surface area contributed by atoms with Crippen molar-refractivity contribution in [2.24, 2.45) is 0 Å². The van der Waals surface area contributed by atoms with Gasteiger partial charge < -0.3 is 4.98 Å². The second-order valence-corrected chi connectivity index (χ2v) is 4.54. The van der Waals surface area contributed by atoms with Crippen molar-refractivity contribution >= 4 is 11.9 Å². The van der Waals surface area contributed by atoms with Crippen molar-refractivity contribution in [1.82, 2.24) is 9.97 Å². The summed E-state index contributed by atoms with van der Waals surface area (Å²) in [6.07, 6.45) is 2.93. The zero-order chi connectivity index (χ0) is 15.4. The third kappa shape index (κ3) is 3.31. The highest BCUT2D eigenvalue weighted by atomic mass is 16.1. The first kappa shape index (κ1) is 14.4. The summed E-state index contributed by atoms with van der Waals surface area (Å²) in [6.45, 7) is 3.29. The van der Waals surface area contributed by atoms with Gasteiger partial charge in [0.25, 0.3) is 5.56 Å². The van der Waals surface area contributed by atoms with Crippen molar-refractivity contribution in [3.63, 3.8) is 0 Å². The standard InChI is InChI=1S/C16H13N3O2/c1-10-15(16(21)19-11(2)18-10)14(20)8-7-12-3-5-13(9-17)6-4-12/h3-8H,1-2H3,(H,18,19,21)/b8-7-. The van der Waals surface area contributed by atoms with E-state index < -0.39 is 11.3 Å². The van der Waals surface area contributed by atoms with Crippen LogP contribution in [0.1, 0.15) is 33.0 Å². The van der Waals surface area contributed by atoms with E-state index in [0.717, 1.165) is 5.56 Å². The van der Waals surface area contributed by atoms with Gasteiger partial charge in [-0.05, 0) is 37.6 Å². The first-order valence-electron chi connectivity index (χ1n) is 6.31. The molecule has 0 radical (unpaired) electrons. The van der Waals surface area contributed by atoms with E-state index in [2.05, 4.69) is 9.97 Å². The maximum absolute atomic E-state index is 12.1. The van der Waals surface area contributed by atoms with E-state index in [1.807, 2.05) is 6.07 Å². The molecule has 0 unspecified atom stereocenters. The Bertz CT molecular complexity index is 809. The van der Waals surface area contributed by atoms with Crippen LogP contribution in [-0.4, -0.2) is 15.8 Å². The lowest BCUT2D eigenvalue weighted by Crippen LogP contribution is -2.21. The SMILES string of the molecule is Cc1nc(C)c(C(=O)/C=C\c2ccc(C#N)cc2)c(=O)[nH]1. The van der Waals surface area contributed by atoms with Gasteiger partial charge in [0.05, 0.1) is 17.3 Å². The zero-order valence-electron chi connectivity index (χ0n) is 11.7. The minimum atomic E-state index is -0.436. The number of nitriles is 1. The molecule has 5 heteroatoms. The number of ketones is 1. The normalized spacial score (nSPS) is 10.5. The van der Waals surface area contributed by atoms with Gasteiger partial charge in [-0.25, -0.2) is 4.98 Å². The summed E-state index contributed by atoms with van der Waals surface area (Å²) in [4.78, 5) is 30.5. The number of H-pyrrole nitrogens is 1. The highest BCUT2D eigenvalue weighted by Crippen LogP contribution is 2.07. The number of aromatic nitrogens is 2. The van der Waals surface area contributed by atoms with E-state index in [1.165, 1.54) is 6.08 Å². The van der Waals surface area contributed by atoms with Gasteiger partial charge in [-0.2, -0.15) is 5.26 Å². The first-order chi connectivity index (χ1) is 10.0. The summed E-state index contributed by atoms with van der Waals surface area (Å²) in [6, 6.07) is 8.80. The van der Waals surface area contributed by atoms with Crippen LogP contribution in [0.2, 0.25) is 0 Å². The van der Waals surface area contributed by atoms with Crippen molar-refractivity contribution < 1.29 is 4.79 Å². The van der Waals surface area contributed by atoms with E-state index in [9.17, 15) is 9.59 Å². The molecule has 104 valence electrons. The Hall–Kier alpha value is -3.00. The number of aromatic amines is 1. The van der Waals surface area contributed by atoms with E-state index in [-0.39, 0.29) is 5.56 Å². The Morgan fingerprint density at radius 1 is 1.29 bits per heavy atom. The van der Waals surface area contributed by atoms with Crippen LogP contribution in [0.25, 0.3) is 6.08 Å². The third-order valence-electron chi connectivity index (χ3n) is 2.93. The molecule has 1 aromatic heterocycles. The molecule has 0 aliphatic rings. The fraction of sp³-hybridized carbons (Fsp3) is 0.125. The molecule has 0 aliphatic heterocycles. The minimum Gasteiger partial charge on any atom is -0.310 e. The predicted octanol–water partition coefficient (Wildman–Crippen LogP) is 2.15. The predicted molar refractivity (Wildman–Crippen MR) is 78.9 cm³/mol. The van der Waals surface area contributed by atoms with Crippen LogP contribution in [-0.2, 0) is 0 Å². The van der Waals surface area contributed by atoms with Crippen molar-refractivity contribution in [3.8, 4) is 6.07 Å². The molecule has 0 atom stereocenters. The summed E-state index contributed by atoms with van der Waals surface area (Å²) < 4.78 is 0. The molecular formula is C16H13N3O2. The maximum atomic E-state index is 12.1. The Kier molecular flexibility index (Phi) is 4.10. The van der Waals surface area contributed by atoms with Crippen LogP contribution in [0, 0.1) is 25.2 Å². The third-order valence-corrected chi connectivity index (χ3v) is 2.93. The summed E-state index contributed by atoms with van der Waals surface area (Å²) in [5.41, 5.74) is 1.34. The van der Waals surface area contributed by atoms with Gasteiger partial charge in [0, 0.05) is 0 Å². The molecule has 0 amide bonds. The number of aryl methyl sites for hydroxylation is 2. The van der Waals surface area contributed by atoms with E-state index in [0.29, 0.717) is 17.1 Å². The van der Waals surface area contributed by atoms with Crippen LogP contribution in [0.15, 0.2) is 35.1 Å². The van der Waals surface area contributed by atoms with E-state index in [4.69, 9.17) is 5.26 Å². The van der Waals surface area contributed by atoms with Crippen LogP contribution in [0.3, 0.4) is 0 Å². The topological polar surface area (TPSA) is 86.6 Å². The largest absolute Gasteiger partial charge is 0.310 e. The van der Waals surface area contributed by atoms with Crippen molar-refractivity contribution in [1.29, 1.82) is 5.26 Å². The number of carbonyl (C=O) groups excluding carboxylic acids is 1. The van der Waals surface area contributed by atoms with Gasteiger partial charge in [-0.1, -0.05) is 18.2 Å². The molecular weight excluding hydrogens is 266 g/mol. The molecule has 2 rings (SSSR count). The zero-order valence-corrected chi connectivity index (χ0v) is 11.7. The van der Waals surface area contributed by atoms with Crippen LogP contribution < -0.4 is 5.56 Å². The number of allylic oxidation sites excluding steroid dienone is 1. The number of benzene rings is 1. The van der Waals surface area contributed by atoms with Gasteiger partial charge in [-0.15, -0.1) is 0 Å². The molecule has 0 spiro atoms. The first-order valence-corrected chi connectivity index (χ1v) is 6.31. The second-order valence-electron chi connectivity index (χ2n) is 4.54. The Labute approximate surface area is 121 Å². The maximum Gasteiger partial charge on any atom is 0.262 e. The average molecular weight is 279 g/mol. The Morgan fingerprint density at radius 3 is 2.52 bits per heavy atom. The van der Waals surface area contributed by atoms with Crippen molar-refractivity contribution in [2.45, 2.75) is 13.8 Å². The molecule has 1 heterocycles. The summed E-state index contributed by atoms with van der Waals surface area (Å²) in [7, 11) is 0. The summed E-state index contributed by atoms with van der Waals surface area (Å²) >= 11 is 0. The van der Waals surface area contributed by atoms with Crippen LogP contribution in [0.5, 0.6) is 0 Å². The molecule has 0 saturated heterocycles. The van der Waals surface area contributed by atoms with E-state index in [1.54, 1.807) is 44.2 Å². The van der Waals surface area contributed by atoms with Gasteiger partial charge in [0.2, 0.25) is 0 Å². The molecule has 0 aliphatic carbocycles. The lowest BCUT2D eigenvalue weighted by molar-refractivity contribution is 0.104. The average Bonchev–Trinajstić information content (AvgIpc) is 2.44. The van der Waals surface area contributed by atoms with Gasteiger partial charge >= 0.3 is 0 Å².